The maximum atomic E-state index is 8.70. The first kappa shape index (κ1) is 12.8. The van der Waals surface area contributed by atoms with Crippen molar-refractivity contribution in [1.29, 1.82) is 5.26 Å². The van der Waals surface area contributed by atoms with Crippen LogP contribution in [0, 0.1) is 25.2 Å². The molecule has 0 amide bonds. The fraction of sp³-hybridized carbons (Fsp3) is 0.615. The average Bonchev–Trinajstić information content (AvgIpc) is 2.57. The zero-order valence-corrected chi connectivity index (χ0v) is 10.5. The van der Waals surface area contributed by atoms with E-state index >= 15 is 0 Å². The molecule has 3 heteroatoms. The zero-order chi connectivity index (χ0) is 12.1. The van der Waals surface area contributed by atoms with Crippen LogP contribution >= 0.6 is 0 Å². The molecule has 0 bridgehead atoms. The Morgan fingerprint density at radius 1 is 1.50 bits per heavy atom. The Hall–Kier alpha value is -1.27. The van der Waals surface area contributed by atoms with Crippen molar-refractivity contribution in [1.82, 2.24) is 5.32 Å². The van der Waals surface area contributed by atoms with Crippen LogP contribution in [0.4, 0.5) is 0 Å². The van der Waals surface area contributed by atoms with E-state index in [-0.39, 0.29) is 12.1 Å². The van der Waals surface area contributed by atoms with E-state index < -0.39 is 0 Å². The smallest absolute Gasteiger partial charge is 0.105 e. The summed E-state index contributed by atoms with van der Waals surface area (Å²) < 4.78 is 5.51. The van der Waals surface area contributed by atoms with Crippen LogP contribution in [-0.4, -0.2) is 6.04 Å². The van der Waals surface area contributed by atoms with E-state index in [4.69, 9.17) is 9.68 Å². The molecular weight excluding hydrogens is 200 g/mol. The number of nitrogens with zero attached hydrogens (tertiary/aromatic N) is 1. The third kappa shape index (κ3) is 3.11. The lowest BCUT2D eigenvalue weighted by atomic mass is 10.1. The minimum absolute atomic E-state index is 0.232. The van der Waals surface area contributed by atoms with Gasteiger partial charge in [0.25, 0.3) is 0 Å². The van der Waals surface area contributed by atoms with Crippen LogP contribution in [0.2, 0.25) is 0 Å². The Kier molecular flexibility index (Phi) is 4.57. The Morgan fingerprint density at radius 2 is 2.19 bits per heavy atom. The number of rotatable bonds is 5. The molecule has 0 fully saturated rings. The third-order valence-corrected chi connectivity index (χ3v) is 2.86. The van der Waals surface area contributed by atoms with Gasteiger partial charge >= 0.3 is 0 Å². The van der Waals surface area contributed by atoms with Crippen molar-refractivity contribution in [3.8, 4) is 6.07 Å². The number of nitrogens with one attached hydrogen (secondary N) is 1. The number of hydrogen-bond acceptors (Lipinski definition) is 3. The number of nitriles is 1. The van der Waals surface area contributed by atoms with Gasteiger partial charge in [0.1, 0.15) is 11.5 Å². The van der Waals surface area contributed by atoms with Crippen molar-refractivity contribution in [2.24, 2.45) is 0 Å². The predicted octanol–water partition coefficient (Wildman–Crippen LogP) is 3.24. The summed E-state index contributed by atoms with van der Waals surface area (Å²) in [6.07, 6.45) is 1.52. The first-order chi connectivity index (χ1) is 7.58. The summed E-state index contributed by atoms with van der Waals surface area (Å²) in [7, 11) is 0. The largest absolute Gasteiger partial charge is 0.466 e. The molecule has 0 aromatic carbocycles. The third-order valence-electron chi connectivity index (χ3n) is 2.86. The maximum absolute atomic E-state index is 8.70. The summed E-state index contributed by atoms with van der Waals surface area (Å²) in [4.78, 5) is 0. The molecule has 0 saturated heterocycles. The number of hydrogen-bond donors (Lipinski definition) is 1. The Bertz CT molecular complexity index is 376. The second-order valence-corrected chi connectivity index (χ2v) is 4.22. The molecule has 1 aromatic rings. The lowest BCUT2D eigenvalue weighted by Crippen LogP contribution is -2.30. The van der Waals surface area contributed by atoms with E-state index in [0.717, 1.165) is 17.9 Å². The van der Waals surface area contributed by atoms with Gasteiger partial charge in [-0.1, -0.05) is 6.92 Å². The molecule has 0 saturated carbocycles. The molecule has 1 aromatic heterocycles. The van der Waals surface area contributed by atoms with Crippen LogP contribution in [0.25, 0.3) is 0 Å². The lowest BCUT2D eigenvalue weighted by molar-refractivity contribution is 0.438. The average molecular weight is 220 g/mol. The highest BCUT2D eigenvalue weighted by atomic mass is 16.3. The van der Waals surface area contributed by atoms with Crippen LogP contribution in [0.5, 0.6) is 0 Å². The normalized spacial score (nSPS) is 14.4. The van der Waals surface area contributed by atoms with E-state index in [1.165, 1.54) is 5.56 Å². The molecule has 2 atom stereocenters. The summed E-state index contributed by atoms with van der Waals surface area (Å²) in [6, 6.07) is 4.76. The molecule has 3 nitrogen and oxygen atoms in total. The summed E-state index contributed by atoms with van der Waals surface area (Å²) in [5.41, 5.74) is 1.19. The topological polar surface area (TPSA) is 49.0 Å². The molecule has 16 heavy (non-hydrogen) atoms. The fourth-order valence-electron chi connectivity index (χ4n) is 1.96. The van der Waals surface area contributed by atoms with Crippen molar-refractivity contribution in [3.05, 3.63) is 23.2 Å². The van der Waals surface area contributed by atoms with Crippen molar-refractivity contribution in [3.63, 3.8) is 0 Å². The van der Waals surface area contributed by atoms with E-state index in [1.807, 2.05) is 13.8 Å². The lowest BCUT2D eigenvalue weighted by Gasteiger charge is -2.19. The molecule has 0 spiro atoms. The summed E-state index contributed by atoms with van der Waals surface area (Å²) in [5.74, 6) is 1.90. The van der Waals surface area contributed by atoms with Crippen molar-refractivity contribution in [2.75, 3.05) is 0 Å². The first-order valence-electron chi connectivity index (χ1n) is 5.78. The highest BCUT2D eigenvalue weighted by Gasteiger charge is 2.15. The van der Waals surface area contributed by atoms with Gasteiger partial charge in [0, 0.05) is 17.6 Å². The molecule has 0 aliphatic heterocycles. The summed E-state index contributed by atoms with van der Waals surface area (Å²) >= 11 is 0. The van der Waals surface area contributed by atoms with Crippen LogP contribution in [0.1, 0.15) is 49.8 Å². The molecule has 88 valence electrons. The van der Waals surface area contributed by atoms with Gasteiger partial charge in [-0.25, -0.2) is 0 Å². The molecule has 1 heterocycles. The molecule has 0 aliphatic carbocycles. The summed E-state index contributed by atoms with van der Waals surface area (Å²) in [5, 5.41) is 12.2. The Morgan fingerprint density at radius 3 is 2.62 bits per heavy atom. The number of aryl methyl sites for hydroxylation is 2. The van der Waals surface area contributed by atoms with Gasteiger partial charge < -0.3 is 9.73 Å². The number of furan rings is 1. The van der Waals surface area contributed by atoms with E-state index in [0.29, 0.717) is 6.42 Å². The Balaban J connectivity index is 2.68. The molecule has 0 aliphatic rings. The minimum atomic E-state index is 0.232. The highest BCUT2D eigenvalue weighted by molar-refractivity contribution is 5.23. The van der Waals surface area contributed by atoms with Crippen LogP contribution < -0.4 is 5.32 Å². The molecule has 1 N–H and O–H groups in total. The van der Waals surface area contributed by atoms with Gasteiger partial charge in [-0.2, -0.15) is 5.26 Å². The highest BCUT2D eigenvalue weighted by Crippen LogP contribution is 2.22. The van der Waals surface area contributed by atoms with E-state index in [9.17, 15) is 0 Å². The predicted molar refractivity (Wildman–Crippen MR) is 64.0 cm³/mol. The van der Waals surface area contributed by atoms with Crippen LogP contribution in [0.3, 0.4) is 0 Å². The van der Waals surface area contributed by atoms with Crippen LogP contribution in [0.15, 0.2) is 10.5 Å². The second-order valence-electron chi connectivity index (χ2n) is 4.22. The van der Waals surface area contributed by atoms with Gasteiger partial charge in [-0.05, 0) is 33.3 Å². The van der Waals surface area contributed by atoms with E-state index in [1.54, 1.807) is 0 Å². The second kappa shape index (κ2) is 5.72. The van der Waals surface area contributed by atoms with Gasteiger partial charge in [0.15, 0.2) is 0 Å². The van der Waals surface area contributed by atoms with Gasteiger partial charge in [-0.15, -0.1) is 0 Å². The van der Waals surface area contributed by atoms with Gasteiger partial charge in [-0.3, -0.25) is 0 Å². The first-order valence-corrected chi connectivity index (χ1v) is 5.78. The molecule has 1 rings (SSSR count). The SMILES string of the molecule is CCC(CC#N)NC(C)c1cc(C)oc1C. The molecule has 0 radical (unpaired) electrons. The maximum Gasteiger partial charge on any atom is 0.105 e. The summed E-state index contributed by atoms with van der Waals surface area (Å²) in [6.45, 7) is 8.13. The van der Waals surface area contributed by atoms with Gasteiger partial charge in [0.2, 0.25) is 0 Å². The van der Waals surface area contributed by atoms with Crippen molar-refractivity contribution in [2.45, 2.75) is 52.6 Å². The van der Waals surface area contributed by atoms with Gasteiger partial charge in [0.05, 0.1) is 12.5 Å². The minimum Gasteiger partial charge on any atom is -0.466 e. The van der Waals surface area contributed by atoms with E-state index in [2.05, 4.69) is 31.3 Å². The monoisotopic (exact) mass is 220 g/mol. The standard InChI is InChI=1S/C13H20N2O/c1-5-12(6-7-14)15-10(3)13-8-9(2)16-11(13)4/h8,10,12,15H,5-6H2,1-4H3. The fourth-order valence-corrected chi connectivity index (χ4v) is 1.96. The zero-order valence-electron chi connectivity index (χ0n) is 10.5. The quantitative estimate of drug-likeness (QED) is 0.828. The Labute approximate surface area is 97.5 Å². The van der Waals surface area contributed by atoms with Crippen molar-refractivity contribution < 1.29 is 4.42 Å². The molecule has 2 unspecified atom stereocenters. The van der Waals surface area contributed by atoms with Crippen LogP contribution in [-0.2, 0) is 0 Å². The van der Waals surface area contributed by atoms with Crippen molar-refractivity contribution >= 4 is 0 Å². The molecular formula is C13H20N2O.